The van der Waals surface area contributed by atoms with Crippen molar-refractivity contribution in [2.75, 3.05) is 12.3 Å². The van der Waals surface area contributed by atoms with Crippen LogP contribution in [0.1, 0.15) is 39.5 Å². The van der Waals surface area contributed by atoms with Crippen LogP contribution < -0.4 is 27.8 Å². The fourth-order valence-corrected chi connectivity index (χ4v) is 2.55. The number of carbonyl (C=O) groups is 3. The third-order valence-electron chi connectivity index (χ3n) is 3.68. The number of amides is 2. The minimum Gasteiger partial charge on any atom is -0.480 e. The summed E-state index contributed by atoms with van der Waals surface area (Å²) in [6.07, 6.45) is 1.38. The first kappa shape index (κ1) is 25.0. The van der Waals surface area contributed by atoms with E-state index >= 15 is 0 Å². The molecule has 0 aliphatic rings. The Morgan fingerprint density at radius 1 is 1.07 bits per heavy atom. The Morgan fingerprint density at radius 3 is 2.15 bits per heavy atom. The predicted molar refractivity (Wildman–Crippen MR) is 107 cm³/mol. The van der Waals surface area contributed by atoms with Gasteiger partial charge in [-0.15, -0.1) is 0 Å². The Morgan fingerprint density at radius 2 is 1.67 bits per heavy atom. The molecular weight excluding hydrogens is 372 g/mol. The average molecular weight is 405 g/mol. The Labute approximate surface area is 165 Å². The van der Waals surface area contributed by atoms with Gasteiger partial charge in [-0.25, -0.2) is 4.79 Å². The van der Waals surface area contributed by atoms with Gasteiger partial charge in [0.2, 0.25) is 11.8 Å². The molecule has 0 heterocycles. The van der Waals surface area contributed by atoms with Crippen molar-refractivity contribution in [3.05, 3.63) is 0 Å². The van der Waals surface area contributed by atoms with Crippen molar-refractivity contribution in [2.45, 2.75) is 57.7 Å². The molecule has 0 fully saturated rings. The molecule has 27 heavy (non-hydrogen) atoms. The highest BCUT2D eigenvalue weighted by atomic mass is 32.1. The van der Waals surface area contributed by atoms with Crippen LogP contribution in [0.2, 0.25) is 0 Å². The van der Waals surface area contributed by atoms with Crippen LogP contribution in [0.15, 0.2) is 4.99 Å². The number of aliphatic carboxylic acids is 1. The molecule has 2 amide bonds. The molecule has 0 bridgehead atoms. The Hall–Kier alpha value is -2.01. The fourth-order valence-electron chi connectivity index (χ4n) is 2.29. The van der Waals surface area contributed by atoms with Crippen molar-refractivity contribution in [1.82, 2.24) is 10.6 Å². The number of carboxylic acids is 1. The first-order valence-corrected chi connectivity index (χ1v) is 9.47. The van der Waals surface area contributed by atoms with Crippen LogP contribution in [0.5, 0.6) is 0 Å². The van der Waals surface area contributed by atoms with Gasteiger partial charge < -0.3 is 32.9 Å². The van der Waals surface area contributed by atoms with Gasteiger partial charge in [-0.3, -0.25) is 14.6 Å². The Balaban J connectivity index is 4.83. The SMILES string of the molecule is CC(C)C[C@H](NC(=O)[C@@H](N)CCCN=C(N)N)C(=O)N[C@@H](CCS)C(=O)O. The van der Waals surface area contributed by atoms with Crippen LogP contribution in [0.25, 0.3) is 0 Å². The molecule has 0 aromatic rings. The summed E-state index contributed by atoms with van der Waals surface area (Å²) < 4.78 is 0. The van der Waals surface area contributed by atoms with E-state index in [0.717, 1.165) is 0 Å². The molecule has 0 rings (SSSR count). The van der Waals surface area contributed by atoms with E-state index < -0.39 is 35.9 Å². The molecule has 0 saturated carbocycles. The van der Waals surface area contributed by atoms with E-state index in [1.54, 1.807) is 0 Å². The van der Waals surface area contributed by atoms with Gasteiger partial charge in [0.15, 0.2) is 5.96 Å². The van der Waals surface area contributed by atoms with Gasteiger partial charge in [-0.05, 0) is 37.4 Å². The number of carbonyl (C=O) groups excluding carboxylic acids is 2. The quantitative estimate of drug-likeness (QED) is 0.0868. The molecule has 0 aliphatic heterocycles. The third kappa shape index (κ3) is 11.3. The maximum Gasteiger partial charge on any atom is 0.326 e. The highest BCUT2D eigenvalue weighted by molar-refractivity contribution is 7.80. The summed E-state index contributed by atoms with van der Waals surface area (Å²) in [5, 5.41) is 14.2. The first-order chi connectivity index (χ1) is 12.6. The minimum atomic E-state index is -1.15. The molecule has 11 heteroatoms. The highest BCUT2D eigenvalue weighted by Crippen LogP contribution is 2.07. The number of nitrogens with zero attached hydrogens (tertiary/aromatic N) is 1. The monoisotopic (exact) mass is 404 g/mol. The zero-order valence-electron chi connectivity index (χ0n) is 15.9. The first-order valence-electron chi connectivity index (χ1n) is 8.83. The van der Waals surface area contributed by atoms with E-state index in [1.165, 1.54) is 0 Å². The molecular formula is C16H32N6O4S. The van der Waals surface area contributed by atoms with E-state index in [1.807, 2.05) is 13.8 Å². The van der Waals surface area contributed by atoms with Crippen molar-refractivity contribution in [3.8, 4) is 0 Å². The zero-order valence-corrected chi connectivity index (χ0v) is 16.7. The maximum atomic E-state index is 12.5. The topological polar surface area (TPSA) is 186 Å². The molecule has 156 valence electrons. The average Bonchev–Trinajstić information content (AvgIpc) is 2.56. The smallest absolute Gasteiger partial charge is 0.326 e. The molecule has 0 unspecified atom stereocenters. The van der Waals surface area contributed by atoms with Crippen LogP contribution in [0, 0.1) is 5.92 Å². The Bertz CT molecular complexity index is 525. The van der Waals surface area contributed by atoms with Crippen molar-refractivity contribution >= 4 is 36.4 Å². The summed E-state index contributed by atoms with van der Waals surface area (Å²) in [5.74, 6) is -1.81. The minimum absolute atomic E-state index is 0.0316. The second-order valence-electron chi connectivity index (χ2n) is 6.66. The number of nitrogens with one attached hydrogen (secondary N) is 2. The second kappa shape index (κ2) is 13.2. The summed E-state index contributed by atoms with van der Waals surface area (Å²) in [7, 11) is 0. The number of guanidine groups is 1. The summed E-state index contributed by atoms with van der Waals surface area (Å²) in [5.41, 5.74) is 16.3. The number of hydrogen-bond donors (Lipinski definition) is 7. The molecule has 0 saturated heterocycles. The van der Waals surface area contributed by atoms with Crippen molar-refractivity contribution in [3.63, 3.8) is 0 Å². The molecule has 9 N–H and O–H groups in total. The van der Waals surface area contributed by atoms with E-state index in [0.29, 0.717) is 31.6 Å². The number of carboxylic acid groups (broad SMARTS) is 1. The largest absolute Gasteiger partial charge is 0.480 e. The van der Waals surface area contributed by atoms with Crippen molar-refractivity contribution in [2.24, 2.45) is 28.1 Å². The van der Waals surface area contributed by atoms with Gasteiger partial charge in [0.05, 0.1) is 6.04 Å². The molecule has 0 radical (unpaired) electrons. The highest BCUT2D eigenvalue weighted by Gasteiger charge is 2.28. The Kier molecular flexibility index (Phi) is 12.2. The van der Waals surface area contributed by atoms with E-state index in [2.05, 4.69) is 28.3 Å². The van der Waals surface area contributed by atoms with Crippen LogP contribution in [-0.2, 0) is 14.4 Å². The molecule has 3 atom stereocenters. The lowest BCUT2D eigenvalue weighted by Crippen LogP contribution is -2.54. The number of rotatable bonds is 13. The number of nitrogens with two attached hydrogens (primary N) is 3. The third-order valence-corrected chi connectivity index (χ3v) is 3.94. The fraction of sp³-hybridized carbons (Fsp3) is 0.750. The normalized spacial score (nSPS) is 14.1. The second-order valence-corrected chi connectivity index (χ2v) is 7.10. The maximum absolute atomic E-state index is 12.5. The standard InChI is InChI=1S/C16H32N6O4S/c1-9(2)8-12(14(24)21-11(5-7-27)15(25)26)22-13(23)10(17)4-3-6-20-16(18)19/h9-12,27H,3-8,17H2,1-2H3,(H,21,24)(H,22,23)(H,25,26)(H4,18,19,20)/t10-,11-,12-/m0/s1. The number of aliphatic imine (C=N–C) groups is 1. The predicted octanol–water partition coefficient (Wildman–Crippen LogP) is -1.21. The summed E-state index contributed by atoms with van der Waals surface area (Å²) >= 11 is 3.99. The summed E-state index contributed by atoms with van der Waals surface area (Å²) in [6, 6.07) is -2.76. The zero-order chi connectivity index (χ0) is 21.0. The van der Waals surface area contributed by atoms with Gasteiger partial charge >= 0.3 is 5.97 Å². The van der Waals surface area contributed by atoms with E-state index in [-0.39, 0.29) is 18.3 Å². The molecule has 0 aliphatic carbocycles. The van der Waals surface area contributed by atoms with E-state index in [4.69, 9.17) is 22.3 Å². The number of hydrogen-bond acceptors (Lipinski definition) is 6. The summed E-state index contributed by atoms with van der Waals surface area (Å²) in [4.78, 5) is 39.8. The van der Waals surface area contributed by atoms with Crippen LogP contribution >= 0.6 is 12.6 Å². The molecule has 0 spiro atoms. The lowest BCUT2D eigenvalue weighted by Gasteiger charge is -2.24. The molecule has 0 aromatic carbocycles. The van der Waals surface area contributed by atoms with Crippen LogP contribution in [-0.4, -0.2) is 59.3 Å². The lowest BCUT2D eigenvalue weighted by molar-refractivity contribution is -0.142. The van der Waals surface area contributed by atoms with Crippen molar-refractivity contribution < 1.29 is 19.5 Å². The van der Waals surface area contributed by atoms with Gasteiger partial charge in [0.25, 0.3) is 0 Å². The van der Waals surface area contributed by atoms with Gasteiger partial charge in [0, 0.05) is 6.54 Å². The van der Waals surface area contributed by atoms with Crippen LogP contribution in [0.4, 0.5) is 0 Å². The van der Waals surface area contributed by atoms with Crippen LogP contribution in [0.3, 0.4) is 0 Å². The molecule has 10 nitrogen and oxygen atoms in total. The van der Waals surface area contributed by atoms with E-state index in [9.17, 15) is 14.4 Å². The lowest BCUT2D eigenvalue weighted by atomic mass is 10.0. The number of thiol groups is 1. The van der Waals surface area contributed by atoms with Gasteiger partial charge in [-0.1, -0.05) is 13.8 Å². The van der Waals surface area contributed by atoms with Gasteiger partial charge in [-0.2, -0.15) is 12.6 Å². The summed E-state index contributed by atoms with van der Waals surface area (Å²) in [6.45, 7) is 4.14. The van der Waals surface area contributed by atoms with Gasteiger partial charge in [0.1, 0.15) is 12.1 Å². The molecule has 0 aromatic heterocycles. The van der Waals surface area contributed by atoms with Crippen molar-refractivity contribution in [1.29, 1.82) is 0 Å².